The fraction of sp³-hybridized carbons (Fsp3) is 0.385. The summed E-state index contributed by atoms with van der Waals surface area (Å²) in [5, 5.41) is 4.72. The van der Waals surface area contributed by atoms with E-state index in [4.69, 9.17) is 4.74 Å². The number of hydrogen-bond donors (Lipinski definition) is 1. The number of rotatable bonds is 5. The minimum Gasteiger partial charge on any atom is -0.455 e. The first-order valence-electron chi connectivity index (χ1n) is 10.7. The molecule has 1 aliphatic heterocycles. The lowest BCUT2D eigenvalue weighted by atomic mass is 9.74. The fourth-order valence-corrected chi connectivity index (χ4v) is 5.05. The standard InChI is InChI=1S/C26H30N2O2/c1-25(2)16-18(17-26(3,4)28-25)15-22(29)19-10-12-21(13-11-19)30-23-9-5-7-20-8-6-14-27-24(20)23/h5-14,18,28H,15-17H2,1-4H3. The zero-order valence-electron chi connectivity index (χ0n) is 18.2. The summed E-state index contributed by atoms with van der Waals surface area (Å²) in [6.45, 7) is 8.89. The second kappa shape index (κ2) is 7.84. The molecular formula is C26H30N2O2. The van der Waals surface area contributed by atoms with E-state index in [0.29, 0.717) is 23.8 Å². The molecule has 0 unspecified atom stereocenters. The average Bonchev–Trinajstić information content (AvgIpc) is 2.66. The molecule has 156 valence electrons. The normalized spacial score (nSPS) is 18.3. The van der Waals surface area contributed by atoms with Crippen molar-refractivity contribution in [2.24, 2.45) is 5.92 Å². The van der Waals surface area contributed by atoms with Crippen LogP contribution in [0.3, 0.4) is 0 Å². The van der Waals surface area contributed by atoms with Crippen LogP contribution in [-0.4, -0.2) is 21.8 Å². The first-order chi connectivity index (χ1) is 14.2. The Kier molecular flexibility index (Phi) is 5.37. The van der Waals surface area contributed by atoms with Crippen LogP contribution in [-0.2, 0) is 0 Å². The van der Waals surface area contributed by atoms with Crippen molar-refractivity contribution in [1.29, 1.82) is 0 Å². The van der Waals surface area contributed by atoms with Gasteiger partial charge < -0.3 is 10.1 Å². The molecule has 0 amide bonds. The number of carbonyl (C=O) groups excluding carboxylic acids is 1. The van der Waals surface area contributed by atoms with Crippen LogP contribution in [0.15, 0.2) is 60.8 Å². The monoisotopic (exact) mass is 402 g/mol. The van der Waals surface area contributed by atoms with Crippen LogP contribution in [0.5, 0.6) is 11.5 Å². The third-order valence-electron chi connectivity index (χ3n) is 5.75. The molecule has 2 heterocycles. The van der Waals surface area contributed by atoms with Crippen LogP contribution in [0.4, 0.5) is 0 Å². The van der Waals surface area contributed by atoms with Gasteiger partial charge in [-0.25, -0.2) is 0 Å². The first-order valence-corrected chi connectivity index (χ1v) is 10.7. The summed E-state index contributed by atoms with van der Waals surface area (Å²) in [7, 11) is 0. The number of Topliss-reactive ketones (excluding diaryl/α,β-unsaturated/α-hetero) is 1. The van der Waals surface area contributed by atoms with E-state index in [9.17, 15) is 4.79 Å². The Balaban J connectivity index is 1.45. The maximum atomic E-state index is 12.9. The van der Waals surface area contributed by atoms with Crippen molar-refractivity contribution >= 4 is 16.7 Å². The predicted octanol–water partition coefficient (Wildman–Crippen LogP) is 6.16. The van der Waals surface area contributed by atoms with Gasteiger partial charge in [0.15, 0.2) is 11.5 Å². The summed E-state index contributed by atoms with van der Waals surface area (Å²) in [4.78, 5) is 17.3. The molecule has 0 bridgehead atoms. The minimum atomic E-state index is 0.0525. The summed E-state index contributed by atoms with van der Waals surface area (Å²) < 4.78 is 6.05. The molecular weight excluding hydrogens is 372 g/mol. The van der Waals surface area contributed by atoms with Crippen molar-refractivity contribution in [2.75, 3.05) is 0 Å². The van der Waals surface area contributed by atoms with Crippen LogP contribution in [0.25, 0.3) is 10.9 Å². The summed E-state index contributed by atoms with van der Waals surface area (Å²) >= 11 is 0. The van der Waals surface area contributed by atoms with Crippen LogP contribution >= 0.6 is 0 Å². The molecule has 1 N–H and O–H groups in total. The van der Waals surface area contributed by atoms with Gasteiger partial charge in [-0.05, 0) is 82.9 Å². The van der Waals surface area contributed by atoms with Crippen molar-refractivity contribution in [2.45, 2.75) is 58.0 Å². The van der Waals surface area contributed by atoms with Gasteiger partial charge in [-0.15, -0.1) is 0 Å². The van der Waals surface area contributed by atoms with E-state index in [1.807, 2.05) is 54.6 Å². The van der Waals surface area contributed by atoms with Crippen LogP contribution in [0.2, 0.25) is 0 Å². The molecule has 0 saturated carbocycles. The lowest BCUT2D eigenvalue weighted by molar-refractivity contribution is 0.0864. The number of aromatic nitrogens is 1. The van der Waals surface area contributed by atoms with Crippen molar-refractivity contribution in [3.05, 3.63) is 66.4 Å². The third-order valence-corrected chi connectivity index (χ3v) is 5.75. The zero-order valence-corrected chi connectivity index (χ0v) is 18.2. The Hall–Kier alpha value is -2.72. The molecule has 4 nitrogen and oxygen atoms in total. The second-order valence-corrected chi connectivity index (χ2v) is 9.75. The molecule has 0 radical (unpaired) electrons. The highest BCUT2D eigenvalue weighted by molar-refractivity contribution is 5.96. The van der Waals surface area contributed by atoms with E-state index >= 15 is 0 Å². The highest BCUT2D eigenvalue weighted by Crippen LogP contribution is 2.35. The number of carbonyl (C=O) groups is 1. The molecule has 2 aromatic carbocycles. The molecule has 4 heteroatoms. The SMILES string of the molecule is CC1(C)CC(CC(=O)c2ccc(Oc3cccc4cccnc34)cc2)CC(C)(C)N1. The molecule has 0 aliphatic carbocycles. The highest BCUT2D eigenvalue weighted by atomic mass is 16.5. The number of pyridine rings is 1. The van der Waals surface area contributed by atoms with E-state index in [0.717, 1.165) is 29.3 Å². The van der Waals surface area contributed by atoms with Crippen molar-refractivity contribution in [3.8, 4) is 11.5 Å². The van der Waals surface area contributed by atoms with Gasteiger partial charge >= 0.3 is 0 Å². The van der Waals surface area contributed by atoms with Gasteiger partial charge in [0.25, 0.3) is 0 Å². The average molecular weight is 403 g/mol. The van der Waals surface area contributed by atoms with E-state index in [2.05, 4.69) is 38.0 Å². The Labute approximate surface area is 178 Å². The molecule has 0 spiro atoms. The summed E-state index contributed by atoms with van der Waals surface area (Å²) in [6.07, 6.45) is 4.37. The van der Waals surface area contributed by atoms with Gasteiger partial charge in [-0.2, -0.15) is 0 Å². The number of ether oxygens (including phenoxy) is 1. The number of hydrogen-bond acceptors (Lipinski definition) is 4. The number of ketones is 1. The number of para-hydroxylation sites is 1. The maximum absolute atomic E-state index is 12.9. The number of piperidine rings is 1. The number of nitrogens with one attached hydrogen (secondary N) is 1. The van der Waals surface area contributed by atoms with Gasteiger partial charge in [-0.3, -0.25) is 9.78 Å². The van der Waals surface area contributed by atoms with Gasteiger partial charge in [-0.1, -0.05) is 18.2 Å². The quantitative estimate of drug-likeness (QED) is 0.520. The number of nitrogens with zero attached hydrogens (tertiary/aromatic N) is 1. The second-order valence-electron chi connectivity index (χ2n) is 9.75. The van der Waals surface area contributed by atoms with E-state index in [-0.39, 0.29) is 16.9 Å². The highest BCUT2D eigenvalue weighted by Gasteiger charge is 2.38. The van der Waals surface area contributed by atoms with Crippen LogP contribution < -0.4 is 10.1 Å². The molecule has 0 atom stereocenters. The zero-order chi connectivity index (χ0) is 21.4. The lowest BCUT2D eigenvalue weighted by Crippen LogP contribution is -2.57. The number of benzene rings is 2. The van der Waals surface area contributed by atoms with E-state index in [1.165, 1.54) is 0 Å². The number of fused-ring (bicyclic) bond motifs is 1. The molecule has 3 aromatic rings. The smallest absolute Gasteiger partial charge is 0.163 e. The first kappa shape index (κ1) is 20.5. The third kappa shape index (κ3) is 4.71. The van der Waals surface area contributed by atoms with Crippen molar-refractivity contribution < 1.29 is 9.53 Å². The topological polar surface area (TPSA) is 51.2 Å². The predicted molar refractivity (Wildman–Crippen MR) is 121 cm³/mol. The van der Waals surface area contributed by atoms with E-state index in [1.54, 1.807) is 6.20 Å². The van der Waals surface area contributed by atoms with Crippen LogP contribution in [0.1, 0.15) is 57.3 Å². The Morgan fingerprint density at radius 3 is 2.37 bits per heavy atom. The largest absolute Gasteiger partial charge is 0.455 e. The maximum Gasteiger partial charge on any atom is 0.163 e. The molecule has 1 aromatic heterocycles. The van der Waals surface area contributed by atoms with Gasteiger partial charge in [0.1, 0.15) is 11.3 Å². The molecule has 1 saturated heterocycles. The molecule has 1 aliphatic rings. The van der Waals surface area contributed by atoms with Gasteiger partial charge in [0.2, 0.25) is 0 Å². The van der Waals surface area contributed by atoms with Crippen molar-refractivity contribution in [3.63, 3.8) is 0 Å². The van der Waals surface area contributed by atoms with Gasteiger partial charge in [0.05, 0.1) is 0 Å². The van der Waals surface area contributed by atoms with Crippen LogP contribution in [0, 0.1) is 5.92 Å². The minimum absolute atomic E-state index is 0.0525. The Morgan fingerprint density at radius 2 is 1.67 bits per heavy atom. The molecule has 30 heavy (non-hydrogen) atoms. The molecule has 4 rings (SSSR count). The summed E-state index contributed by atoms with van der Waals surface area (Å²) in [6, 6.07) is 17.3. The Morgan fingerprint density at radius 1 is 1.00 bits per heavy atom. The van der Waals surface area contributed by atoms with E-state index < -0.39 is 0 Å². The Bertz CT molecular complexity index is 1030. The van der Waals surface area contributed by atoms with Crippen molar-refractivity contribution in [1.82, 2.24) is 10.3 Å². The molecule has 1 fully saturated rings. The summed E-state index contributed by atoms with van der Waals surface area (Å²) in [5.41, 5.74) is 1.68. The summed E-state index contributed by atoms with van der Waals surface area (Å²) in [5.74, 6) is 2.01. The van der Waals surface area contributed by atoms with Gasteiger partial charge in [0, 0.05) is 34.6 Å². The fourth-order valence-electron chi connectivity index (χ4n) is 5.05. The lowest BCUT2D eigenvalue weighted by Gasteiger charge is -2.46.